The quantitative estimate of drug-likeness (QED) is 0.571. The van der Waals surface area contributed by atoms with Gasteiger partial charge in [-0.25, -0.2) is 0 Å². The molecule has 2 aromatic carbocycles. The molecule has 92 valence electrons. The first-order valence-corrected chi connectivity index (χ1v) is 5.64. The number of para-hydroxylation sites is 1. The second-order valence-electron chi connectivity index (χ2n) is 4.01. The van der Waals surface area contributed by atoms with Crippen LogP contribution in [0.25, 0.3) is 0 Å². The molecule has 0 bridgehead atoms. The van der Waals surface area contributed by atoms with Crippen LogP contribution in [-0.4, -0.2) is 5.91 Å². The zero-order chi connectivity index (χ0) is 13.0. The van der Waals surface area contributed by atoms with Crippen molar-refractivity contribution in [3.8, 4) is 0 Å². The monoisotopic (exact) mass is 241 g/mol. The Morgan fingerprint density at radius 1 is 1.11 bits per heavy atom. The van der Waals surface area contributed by atoms with Crippen LogP contribution in [0.1, 0.15) is 15.9 Å². The van der Waals surface area contributed by atoms with Crippen LogP contribution in [0.2, 0.25) is 0 Å². The number of hydrogen-bond acceptors (Lipinski definition) is 3. The molecule has 0 aromatic heterocycles. The van der Waals surface area contributed by atoms with Gasteiger partial charge in [-0.2, -0.15) is 0 Å². The predicted octanol–water partition coefficient (Wildman–Crippen LogP) is 2.53. The lowest BCUT2D eigenvalue weighted by atomic mass is 10.1. The lowest BCUT2D eigenvalue weighted by molar-refractivity contribution is 0.102. The highest BCUT2D eigenvalue weighted by Gasteiger charge is 2.11. The van der Waals surface area contributed by atoms with E-state index in [9.17, 15) is 4.79 Å². The highest BCUT2D eigenvalue weighted by molar-refractivity contribution is 6.08. The van der Waals surface area contributed by atoms with E-state index in [1.54, 1.807) is 12.1 Å². The van der Waals surface area contributed by atoms with Crippen molar-refractivity contribution >= 4 is 17.3 Å². The van der Waals surface area contributed by atoms with Crippen molar-refractivity contribution < 1.29 is 4.79 Å². The van der Waals surface area contributed by atoms with Crippen molar-refractivity contribution in [2.75, 3.05) is 10.7 Å². The summed E-state index contributed by atoms with van der Waals surface area (Å²) in [5, 5.41) is 2.83. The number of aryl methyl sites for hydroxylation is 1. The molecule has 4 nitrogen and oxygen atoms in total. The molecule has 4 N–H and O–H groups in total. The van der Waals surface area contributed by atoms with E-state index in [1.165, 1.54) is 0 Å². The van der Waals surface area contributed by atoms with Gasteiger partial charge in [-0.15, -0.1) is 0 Å². The van der Waals surface area contributed by atoms with E-state index in [0.717, 1.165) is 11.3 Å². The Kier molecular flexibility index (Phi) is 3.60. The Balaban J connectivity index is 2.26. The SMILES string of the molecule is Cc1ccc(NN)c(C(=O)Nc2ccccc2)c1. The minimum Gasteiger partial charge on any atom is -0.323 e. The molecule has 0 unspecified atom stereocenters. The van der Waals surface area contributed by atoms with Gasteiger partial charge in [-0.1, -0.05) is 29.8 Å². The molecule has 0 radical (unpaired) electrons. The number of hydrazine groups is 1. The first kappa shape index (κ1) is 12.1. The lowest BCUT2D eigenvalue weighted by Gasteiger charge is -2.10. The van der Waals surface area contributed by atoms with Gasteiger partial charge in [0.05, 0.1) is 11.3 Å². The normalized spacial score (nSPS) is 9.89. The fourth-order valence-corrected chi connectivity index (χ4v) is 1.69. The maximum atomic E-state index is 12.1. The standard InChI is InChI=1S/C14H15N3O/c1-10-7-8-13(17-15)12(9-10)14(18)16-11-5-3-2-4-6-11/h2-9,17H,15H2,1H3,(H,16,18). The van der Waals surface area contributed by atoms with Crippen molar-refractivity contribution in [3.05, 3.63) is 59.7 Å². The van der Waals surface area contributed by atoms with Crippen molar-refractivity contribution in [2.24, 2.45) is 5.84 Å². The Hall–Kier alpha value is -2.33. The summed E-state index contributed by atoms with van der Waals surface area (Å²) in [5.74, 6) is 5.22. The van der Waals surface area contributed by atoms with Crippen LogP contribution in [0.4, 0.5) is 11.4 Å². The molecular formula is C14H15N3O. The smallest absolute Gasteiger partial charge is 0.257 e. The fraction of sp³-hybridized carbons (Fsp3) is 0.0714. The average Bonchev–Trinajstić information content (AvgIpc) is 2.40. The molecule has 0 spiro atoms. The third kappa shape index (κ3) is 2.67. The van der Waals surface area contributed by atoms with E-state index in [-0.39, 0.29) is 5.91 Å². The lowest BCUT2D eigenvalue weighted by Crippen LogP contribution is -2.17. The molecule has 0 saturated carbocycles. The molecular weight excluding hydrogens is 226 g/mol. The molecule has 0 aliphatic carbocycles. The van der Waals surface area contributed by atoms with Gasteiger partial charge in [-0.05, 0) is 31.2 Å². The van der Waals surface area contributed by atoms with Crippen LogP contribution >= 0.6 is 0 Å². The largest absolute Gasteiger partial charge is 0.323 e. The molecule has 0 aliphatic rings. The third-order valence-electron chi connectivity index (χ3n) is 2.61. The van der Waals surface area contributed by atoms with Gasteiger partial charge < -0.3 is 10.7 Å². The zero-order valence-electron chi connectivity index (χ0n) is 10.1. The van der Waals surface area contributed by atoms with Crippen molar-refractivity contribution in [1.29, 1.82) is 0 Å². The van der Waals surface area contributed by atoms with E-state index < -0.39 is 0 Å². The minimum atomic E-state index is -0.183. The van der Waals surface area contributed by atoms with Gasteiger partial charge in [-0.3, -0.25) is 10.6 Å². The number of amides is 1. The Morgan fingerprint density at radius 2 is 1.83 bits per heavy atom. The molecule has 2 rings (SSSR count). The minimum absolute atomic E-state index is 0.183. The third-order valence-corrected chi connectivity index (χ3v) is 2.61. The molecule has 2 aromatic rings. The number of nitrogens with two attached hydrogens (primary N) is 1. The topological polar surface area (TPSA) is 67.1 Å². The van der Waals surface area contributed by atoms with E-state index in [0.29, 0.717) is 11.3 Å². The number of anilines is 2. The summed E-state index contributed by atoms with van der Waals surface area (Å²) in [4.78, 5) is 12.1. The highest BCUT2D eigenvalue weighted by atomic mass is 16.1. The van der Waals surface area contributed by atoms with Crippen molar-refractivity contribution in [2.45, 2.75) is 6.92 Å². The van der Waals surface area contributed by atoms with Gasteiger partial charge >= 0.3 is 0 Å². The zero-order valence-corrected chi connectivity index (χ0v) is 10.1. The van der Waals surface area contributed by atoms with Gasteiger partial charge in [0.25, 0.3) is 5.91 Å². The predicted molar refractivity (Wildman–Crippen MR) is 73.4 cm³/mol. The number of hydrogen-bond donors (Lipinski definition) is 3. The number of carbonyl (C=O) groups is 1. The van der Waals surface area contributed by atoms with Crippen molar-refractivity contribution in [3.63, 3.8) is 0 Å². The number of carbonyl (C=O) groups excluding carboxylic acids is 1. The van der Waals surface area contributed by atoms with Crippen molar-refractivity contribution in [1.82, 2.24) is 0 Å². The van der Waals surface area contributed by atoms with E-state index in [4.69, 9.17) is 5.84 Å². The second kappa shape index (κ2) is 5.33. The second-order valence-corrected chi connectivity index (χ2v) is 4.01. The molecule has 1 amide bonds. The summed E-state index contributed by atoms with van der Waals surface area (Å²) in [6, 6.07) is 14.8. The Morgan fingerprint density at radius 3 is 2.50 bits per heavy atom. The Bertz CT molecular complexity index is 552. The molecule has 18 heavy (non-hydrogen) atoms. The van der Waals surface area contributed by atoms with Crippen LogP contribution in [0.15, 0.2) is 48.5 Å². The molecule has 4 heteroatoms. The number of nitrogens with one attached hydrogen (secondary N) is 2. The van der Waals surface area contributed by atoms with Crippen LogP contribution < -0.4 is 16.6 Å². The molecule has 0 heterocycles. The first-order chi connectivity index (χ1) is 8.70. The molecule has 0 atom stereocenters. The van der Waals surface area contributed by atoms with Crippen LogP contribution in [0, 0.1) is 6.92 Å². The fourth-order valence-electron chi connectivity index (χ4n) is 1.69. The van der Waals surface area contributed by atoms with E-state index in [1.807, 2.05) is 43.3 Å². The summed E-state index contributed by atoms with van der Waals surface area (Å²) < 4.78 is 0. The maximum absolute atomic E-state index is 12.1. The van der Waals surface area contributed by atoms with E-state index in [2.05, 4.69) is 10.7 Å². The molecule has 0 saturated heterocycles. The average molecular weight is 241 g/mol. The van der Waals surface area contributed by atoms with Crippen LogP contribution in [-0.2, 0) is 0 Å². The van der Waals surface area contributed by atoms with Gasteiger partial charge in [0, 0.05) is 5.69 Å². The number of rotatable bonds is 3. The number of benzene rings is 2. The van der Waals surface area contributed by atoms with E-state index >= 15 is 0 Å². The Labute approximate surface area is 106 Å². The highest BCUT2D eigenvalue weighted by Crippen LogP contribution is 2.18. The summed E-state index contributed by atoms with van der Waals surface area (Å²) in [6.45, 7) is 1.93. The summed E-state index contributed by atoms with van der Waals surface area (Å²) >= 11 is 0. The summed E-state index contributed by atoms with van der Waals surface area (Å²) in [7, 11) is 0. The number of nitrogen functional groups attached to an aromatic ring is 1. The van der Waals surface area contributed by atoms with Gasteiger partial charge in [0.15, 0.2) is 0 Å². The molecule has 0 fully saturated rings. The van der Waals surface area contributed by atoms with Gasteiger partial charge in [0.1, 0.15) is 0 Å². The maximum Gasteiger partial charge on any atom is 0.257 e. The summed E-state index contributed by atoms with van der Waals surface area (Å²) in [5.41, 5.74) is 5.43. The van der Waals surface area contributed by atoms with Crippen LogP contribution in [0.5, 0.6) is 0 Å². The van der Waals surface area contributed by atoms with Gasteiger partial charge in [0.2, 0.25) is 0 Å². The van der Waals surface area contributed by atoms with Crippen LogP contribution in [0.3, 0.4) is 0 Å². The molecule has 0 aliphatic heterocycles. The first-order valence-electron chi connectivity index (χ1n) is 5.64. The summed E-state index contributed by atoms with van der Waals surface area (Å²) in [6.07, 6.45) is 0.